The molecule has 0 spiro atoms. The summed E-state index contributed by atoms with van der Waals surface area (Å²) in [4.78, 5) is 40.9. The minimum absolute atomic E-state index is 0.118. The van der Waals surface area contributed by atoms with Gasteiger partial charge in [-0.05, 0) is 45.0 Å². The van der Waals surface area contributed by atoms with Gasteiger partial charge >= 0.3 is 0 Å². The van der Waals surface area contributed by atoms with Crippen molar-refractivity contribution >= 4 is 29.1 Å². The number of ether oxygens (including phenoxy) is 1. The van der Waals surface area contributed by atoms with E-state index >= 15 is 0 Å². The van der Waals surface area contributed by atoms with Crippen molar-refractivity contribution in [3.63, 3.8) is 0 Å². The second kappa shape index (κ2) is 8.98. The summed E-state index contributed by atoms with van der Waals surface area (Å²) in [6, 6.07) is 14.3. The van der Waals surface area contributed by atoms with Gasteiger partial charge in [-0.25, -0.2) is 0 Å². The molecule has 0 aliphatic carbocycles. The summed E-state index contributed by atoms with van der Waals surface area (Å²) >= 11 is 0. The van der Waals surface area contributed by atoms with Crippen LogP contribution in [0.15, 0.2) is 48.5 Å². The Morgan fingerprint density at radius 3 is 2.57 bits per heavy atom. The summed E-state index contributed by atoms with van der Waals surface area (Å²) in [6.45, 7) is 5.34. The van der Waals surface area contributed by atoms with E-state index < -0.39 is 6.10 Å². The van der Waals surface area contributed by atoms with E-state index in [0.29, 0.717) is 17.1 Å². The van der Waals surface area contributed by atoms with E-state index in [2.05, 4.69) is 5.32 Å². The van der Waals surface area contributed by atoms with Crippen LogP contribution in [0.3, 0.4) is 0 Å². The SMILES string of the molecule is Cc1ccc(O[C@@H](C)C(=O)N(C)CC(=O)N2c3ccccc3NC(=O)C[C@H]2C)cc1. The van der Waals surface area contributed by atoms with Crippen molar-refractivity contribution in [2.75, 3.05) is 23.8 Å². The standard InChI is InChI=1S/C23H27N3O4/c1-15-9-11-18(12-10-15)30-17(3)23(29)25(4)14-22(28)26-16(2)13-21(27)24-19-7-5-6-8-20(19)26/h5-12,16-17H,13-14H2,1-4H3,(H,24,27)/t16-,17+/m1/s1. The molecule has 0 fully saturated rings. The van der Waals surface area contributed by atoms with Crippen molar-refractivity contribution in [2.45, 2.75) is 39.3 Å². The molecule has 30 heavy (non-hydrogen) atoms. The molecule has 7 nitrogen and oxygen atoms in total. The number of anilines is 2. The van der Waals surface area contributed by atoms with Gasteiger partial charge in [-0.2, -0.15) is 0 Å². The number of fused-ring (bicyclic) bond motifs is 1. The number of aryl methyl sites for hydroxylation is 1. The number of benzene rings is 2. The average Bonchev–Trinajstić information content (AvgIpc) is 2.83. The Labute approximate surface area is 176 Å². The molecule has 1 heterocycles. The largest absolute Gasteiger partial charge is 0.481 e. The van der Waals surface area contributed by atoms with E-state index in [1.54, 1.807) is 37.1 Å². The second-order valence-corrected chi connectivity index (χ2v) is 7.65. The first-order chi connectivity index (χ1) is 14.3. The quantitative estimate of drug-likeness (QED) is 0.823. The Hall–Kier alpha value is -3.35. The molecular weight excluding hydrogens is 382 g/mol. The van der Waals surface area contributed by atoms with E-state index in [1.807, 2.05) is 44.2 Å². The molecule has 0 unspecified atom stereocenters. The third kappa shape index (κ3) is 4.79. The van der Waals surface area contributed by atoms with Crippen LogP contribution in [0.5, 0.6) is 5.75 Å². The molecule has 3 amide bonds. The maximum absolute atomic E-state index is 13.1. The van der Waals surface area contributed by atoms with Crippen molar-refractivity contribution in [3.05, 3.63) is 54.1 Å². The van der Waals surface area contributed by atoms with Crippen LogP contribution in [0.25, 0.3) is 0 Å². The number of likely N-dealkylation sites (N-methyl/N-ethyl adjacent to an activating group) is 1. The average molecular weight is 409 g/mol. The van der Waals surface area contributed by atoms with Gasteiger partial charge in [0.05, 0.1) is 17.9 Å². The normalized spacial score (nSPS) is 16.7. The minimum atomic E-state index is -0.734. The fraction of sp³-hybridized carbons (Fsp3) is 0.348. The summed E-state index contributed by atoms with van der Waals surface area (Å²) < 4.78 is 5.72. The van der Waals surface area contributed by atoms with Crippen LogP contribution in [-0.4, -0.2) is 48.4 Å². The predicted octanol–water partition coefficient (Wildman–Crippen LogP) is 2.98. The molecule has 0 radical (unpaired) electrons. The van der Waals surface area contributed by atoms with E-state index in [-0.39, 0.29) is 36.7 Å². The molecule has 0 saturated heterocycles. The van der Waals surface area contributed by atoms with Gasteiger partial charge in [0.15, 0.2) is 6.10 Å². The van der Waals surface area contributed by atoms with Crippen molar-refractivity contribution < 1.29 is 19.1 Å². The second-order valence-electron chi connectivity index (χ2n) is 7.65. The van der Waals surface area contributed by atoms with Gasteiger partial charge in [-0.15, -0.1) is 0 Å². The molecule has 0 saturated carbocycles. The molecule has 2 atom stereocenters. The number of nitrogens with zero attached hydrogens (tertiary/aromatic N) is 2. The molecule has 1 aliphatic rings. The lowest BCUT2D eigenvalue weighted by molar-refractivity contribution is -0.139. The molecule has 0 bridgehead atoms. The lowest BCUT2D eigenvalue weighted by Crippen LogP contribution is -2.47. The molecule has 1 aliphatic heterocycles. The first-order valence-corrected chi connectivity index (χ1v) is 9.95. The van der Waals surface area contributed by atoms with Crippen LogP contribution in [0, 0.1) is 6.92 Å². The fourth-order valence-electron chi connectivity index (χ4n) is 3.51. The number of carbonyl (C=O) groups is 3. The van der Waals surface area contributed by atoms with Crippen LogP contribution in [-0.2, 0) is 14.4 Å². The summed E-state index contributed by atoms with van der Waals surface area (Å²) in [6.07, 6.45) is -0.548. The van der Waals surface area contributed by atoms with Gasteiger partial charge in [-0.1, -0.05) is 29.8 Å². The number of hydrogen-bond donors (Lipinski definition) is 1. The molecular formula is C23H27N3O4. The highest BCUT2D eigenvalue weighted by molar-refractivity contribution is 6.05. The number of nitrogens with one attached hydrogen (secondary N) is 1. The first kappa shape index (κ1) is 21.4. The maximum atomic E-state index is 13.1. The lowest BCUT2D eigenvalue weighted by Gasteiger charge is -2.30. The van der Waals surface area contributed by atoms with Crippen LogP contribution >= 0.6 is 0 Å². The van der Waals surface area contributed by atoms with E-state index in [4.69, 9.17) is 4.74 Å². The van der Waals surface area contributed by atoms with Gasteiger partial charge in [0.1, 0.15) is 5.75 Å². The number of hydrogen-bond acceptors (Lipinski definition) is 4. The smallest absolute Gasteiger partial charge is 0.263 e. The van der Waals surface area contributed by atoms with Gasteiger partial charge in [0.2, 0.25) is 11.8 Å². The Morgan fingerprint density at radius 1 is 1.20 bits per heavy atom. The summed E-state index contributed by atoms with van der Waals surface area (Å²) in [5, 5.41) is 2.83. The van der Waals surface area contributed by atoms with E-state index in [1.165, 1.54) is 4.90 Å². The summed E-state index contributed by atoms with van der Waals surface area (Å²) in [7, 11) is 1.58. The third-order valence-corrected chi connectivity index (χ3v) is 5.06. The van der Waals surface area contributed by atoms with Crippen molar-refractivity contribution in [1.82, 2.24) is 4.90 Å². The summed E-state index contributed by atoms with van der Waals surface area (Å²) in [5.74, 6) is -0.102. The zero-order chi connectivity index (χ0) is 21.8. The van der Waals surface area contributed by atoms with E-state index in [0.717, 1.165) is 5.56 Å². The lowest BCUT2D eigenvalue weighted by atomic mass is 10.1. The number of amides is 3. The first-order valence-electron chi connectivity index (χ1n) is 9.95. The Bertz CT molecular complexity index is 942. The number of para-hydroxylation sites is 2. The van der Waals surface area contributed by atoms with Crippen molar-refractivity contribution in [2.24, 2.45) is 0 Å². The van der Waals surface area contributed by atoms with Crippen LogP contribution < -0.4 is 15.0 Å². The minimum Gasteiger partial charge on any atom is -0.481 e. The third-order valence-electron chi connectivity index (χ3n) is 5.06. The maximum Gasteiger partial charge on any atom is 0.263 e. The van der Waals surface area contributed by atoms with Crippen LogP contribution in [0.2, 0.25) is 0 Å². The van der Waals surface area contributed by atoms with Crippen LogP contribution in [0.1, 0.15) is 25.8 Å². The summed E-state index contributed by atoms with van der Waals surface area (Å²) in [5.41, 5.74) is 2.32. The van der Waals surface area contributed by atoms with Crippen molar-refractivity contribution in [1.29, 1.82) is 0 Å². The van der Waals surface area contributed by atoms with Gasteiger partial charge in [0.25, 0.3) is 5.91 Å². The molecule has 2 aromatic rings. The highest BCUT2D eigenvalue weighted by Crippen LogP contribution is 2.31. The Morgan fingerprint density at radius 2 is 1.87 bits per heavy atom. The zero-order valence-corrected chi connectivity index (χ0v) is 17.7. The molecule has 3 rings (SSSR count). The fourth-order valence-corrected chi connectivity index (χ4v) is 3.51. The topological polar surface area (TPSA) is 79.0 Å². The predicted molar refractivity (Wildman–Crippen MR) is 116 cm³/mol. The number of carbonyl (C=O) groups excluding carboxylic acids is 3. The monoisotopic (exact) mass is 409 g/mol. The Kier molecular flexibility index (Phi) is 6.40. The molecule has 7 heteroatoms. The zero-order valence-electron chi connectivity index (χ0n) is 17.7. The number of rotatable bonds is 5. The highest BCUT2D eigenvalue weighted by atomic mass is 16.5. The van der Waals surface area contributed by atoms with Gasteiger partial charge < -0.3 is 19.9 Å². The van der Waals surface area contributed by atoms with Gasteiger partial charge in [-0.3, -0.25) is 14.4 Å². The van der Waals surface area contributed by atoms with Crippen molar-refractivity contribution in [3.8, 4) is 5.75 Å². The van der Waals surface area contributed by atoms with Crippen LogP contribution in [0.4, 0.5) is 11.4 Å². The Balaban J connectivity index is 1.70. The van der Waals surface area contributed by atoms with Gasteiger partial charge in [0, 0.05) is 19.5 Å². The molecule has 0 aromatic heterocycles. The van der Waals surface area contributed by atoms with E-state index in [9.17, 15) is 14.4 Å². The molecule has 1 N–H and O–H groups in total. The molecule has 158 valence electrons. The highest BCUT2D eigenvalue weighted by Gasteiger charge is 2.31. The molecule has 2 aromatic carbocycles.